The van der Waals surface area contributed by atoms with Crippen LogP contribution in [0.3, 0.4) is 0 Å². The summed E-state index contributed by atoms with van der Waals surface area (Å²) in [6.45, 7) is 1.87. The number of thiophene rings is 1. The van der Waals surface area contributed by atoms with Gasteiger partial charge in [-0.3, -0.25) is 19.0 Å². The van der Waals surface area contributed by atoms with Gasteiger partial charge in [-0.2, -0.15) is 0 Å². The average molecular weight is 445 g/mol. The topological polar surface area (TPSA) is 68.6 Å². The quantitative estimate of drug-likeness (QED) is 0.450. The van der Waals surface area contributed by atoms with Crippen LogP contribution < -0.4 is 5.56 Å². The van der Waals surface area contributed by atoms with Gasteiger partial charge in [0.15, 0.2) is 5.78 Å². The van der Waals surface area contributed by atoms with E-state index in [1.807, 2.05) is 36.4 Å². The van der Waals surface area contributed by atoms with E-state index in [-0.39, 0.29) is 17.2 Å². The number of hydrogen-bond acceptors (Lipinski definition) is 5. The molecule has 0 unspecified atom stereocenters. The van der Waals surface area contributed by atoms with Gasteiger partial charge in [-0.1, -0.05) is 48.5 Å². The van der Waals surface area contributed by atoms with Crippen LogP contribution in [-0.4, -0.2) is 47.5 Å². The average Bonchev–Trinajstić information content (AvgIpc) is 3.24. The Morgan fingerprint density at radius 1 is 0.844 bits per heavy atom. The van der Waals surface area contributed by atoms with Gasteiger partial charge in [0.2, 0.25) is 0 Å². The monoisotopic (exact) mass is 444 g/mol. The third-order valence-electron chi connectivity index (χ3n) is 5.51. The van der Waals surface area contributed by atoms with E-state index in [0.717, 1.165) is 0 Å². The molecule has 0 saturated carbocycles. The molecule has 1 aliphatic heterocycles. The Balaban J connectivity index is 1.76. The highest BCUT2D eigenvalue weighted by atomic mass is 32.1. The first kappa shape index (κ1) is 20.4. The predicted molar refractivity (Wildman–Crippen MR) is 124 cm³/mol. The minimum atomic E-state index is -0.230. The first-order chi connectivity index (χ1) is 15.6. The van der Waals surface area contributed by atoms with Crippen LogP contribution in [0.15, 0.2) is 77.6 Å². The highest BCUT2D eigenvalue weighted by Gasteiger charge is 2.30. The van der Waals surface area contributed by atoms with Crippen LogP contribution in [0.5, 0.6) is 0 Å². The van der Waals surface area contributed by atoms with Crippen molar-refractivity contribution >= 4 is 33.2 Å². The summed E-state index contributed by atoms with van der Waals surface area (Å²) in [6, 6.07) is 21.3. The second-order valence-electron chi connectivity index (χ2n) is 7.47. The number of hydrogen-bond donors (Lipinski definition) is 0. The summed E-state index contributed by atoms with van der Waals surface area (Å²) in [7, 11) is 0. The van der Waals surface area contributed by atoms with Crippen LogP contribution in [0.25, 0.3) is 15.9 Å². The molecule has 0 radical (unpaired) electrons. The maximum absolute atomic E-state index is 13.6. The van der Waals surface area contributed by atoms with Gasteiger partial charge in [-0.05, 0) is 18.2 Å². The van der Waals surface area contributed by atoms with Crippen LogP contribution in [0.1, 0.15) is 25.6 Å². The van der Waals surface area contributed by atoms with E-state index in [1.165, 1.54) is 17.4 Å². The maximum Gasteiger partial charge on any atom is 0.264 e. The molecule has 0 N–H and O–H groups in total. The van der Waals surface area contributed by atoms with Gasteiger partial charge >= 0.3 is 0 Å². The van der Waals surface area contributed by atoms with Crippen molar-refractivity contribution < 1.29 is 14.3 Å². The minimum absolute atomic E-state index is 0.208. The molecule has 7 heteroatoms. The molecule has 5 rings (SSSR count). The fourth-order valence-electron chi connectivity index (χ4n) is 3.92. The molecule has 6 nitrogen and oxygen atoms in total. The van der Waals surface area contributed by atoms with E-state index in [1.54, 1.807) is 39.8 Å². The van der Waals surface area contributed by atoms with Crippen LogP contribution in [0.2, 0.25) is 0 Å². The molecule has 1 saturated heterocycles. The fourth-order valence-corrected chi connectivity index (χ4v) is 5.20. The Hall–Kier alpha value is -3.55. The summed E-state index contributed by atoms with van der Waals surface area (Å²) in [5.41, 5.74) is 1.32. The number of ketones is 1. The largest absolute Gasteiger partial charge is 0.378 e. The molecule has 0 spiro atoms. The number of aromatic nitrogens is 1. The van der Waals surface area contributed by atoms with Crippen molar-refractivity contribution in [3.05, 3.63) is 99.2 Å². The van der Waals surface area contributed by atoms with Crippen molar-refractivity contribution in [2.24, 2.45) is 0 Å². The maximum atomic E-state index is 13.6. The molecule has 32 heavy (non-hydrogen) atoms. The number of carbonyl (C=O) groups is 2. The molecule has 0 atom stereocenters. The smallest absolute Gasteiger partial charge is 0.264 e. The van der Waals surface area contributed by atoms with E-state index in [9.17, 15) is 14.4 Å². The molecule has 1 aliphatic rings. The first-order valence-corrected chi connectivity index (χ1v) is 11.2. The van der Waals surface area contributed by atoms with Gasteiger partial charge in [0.1, 0.15) is 9.71 Å². The zero-order valence-electron chi connectivity index (χ0n) is 17.2. The Morgan fingerprint density at radius 2 is 1.50 bits per heavy atom. The number of morpholine rings is 1. The van der Waals surface area contributed by atoms with Gasteiger partial charge in [0.25, 0.3) is 11.5 Å². The molecule has 1 fully saturated rings. The predicted octanol–water partition coefficient (Wildman–Crippen LogP) is 3.76. The third-order valence-corrected chi connectivity index (χ3v) is 6.69. The molecule has 2 aromatic carbocycles. The Labute approximate surface area is 188 Å². The van der Waals surface area contributed by atoms with E-state index in [0.29, 0.717) is 58.2 Å². The van der Waals surface area contributed by atoms with Gasteiger partial charge in [0, 0.05) is 30.1 Å². The van der Waals surface area contributed by atoms with Crippen molar-refractivity contribution in [3.63, 3.8) is 0 Å². The second kappa shape index (κ2) is 8.53. The molecule has 2 aromatic heterocycles. The molecular formula is C25H20N2O4S. The van der Waals surface area contributed by atoms with Crippen LogP contribution in [0, 0.1) is 0 Å². The highest BCUT2D eigenvalue weighted by molar-refractivity contribution is 7.21. The van der Waals surface area contributed by atoms with Crippen molar-refractivity contribution in [2.75, 3.05) is 26.3 Å². The van der Waals surface area contributed by atoms with Crippen LogP contribution in [-0.2, 0) is 4.74 Å². The standard InChI is InChI=1S/C25H20N2O4S/c28-20-12-11-19-21(22(29)17-7-3-1-4-8-17)23(24(30)26-13-15-31-16-14-26)32-25(19)27(20)18-9-5-2-6-10-18/h1-12H,13-16H2. The lowest BCUT2D eigenvalue weighted by Gasteiger charge is -2.26. The summed E-state index contributed by atoms with van der Waals surface area (Å²) >= 11 is 1.19. The second-order valence-corrected chi connectivity index (χ2v) is 8.47. The van der Waals surface area contributed by atoms with Gasteiger partial charge in [0.05, 0.1) is 24.5 Å². The Kier molecular flexibility index (Phi) is 5.43. The van der Waals surface area contributed by atoms with Gasteiger partial charge in [-0.25, -0.2) is 0 Å². The number of nitrogens with zero attached hydrogens (tertiary/aromatic N) is 2. The molecule has 160 valence electrons. The van der Waals surface area contributed by atoms with E-state index in [4.69, 9.17) is 4.74 Å². The number of para-hydroxylation sites is 1. The van der Waals surface area contributed by atoms with E-state index in [2.05, 4.69) is 0 Å². The van der Waals surface area contributed by atoms with E-state index >= 15 is 0 Å². The van der Waals surface area contributed by atoms with Crippen LogP contribution in [0.4, 0.5) is 0 Å². The molecule has 4 aromatic rings. The summed E-state index contributed by atoms with van der Waals surface area (Å²) in [5.74, 6) is -0.437. The highest BCUT2D eigenvalue weighted by Crippen LogP contribution is 2.34. The zero-order valence-corrected chi connectivity index (χ0v) is 18.0. The lowest BCUT2D eigenvalue weighted by atomic mass is 10.0. The summed E-state index contributed by atoms with van der Waals surface area (Å²) < 4.78 is 6.95. The number of benzene rings is 2. The van der Waals surface area contributed by atoms with Crippen molar-refractivity contribution in [1.29, 1.82) is 0 Å². The SMILES string of the molecule is O=C(c1ccccc1)c1c(C(=O)N2CCOCC2)sc2c1ccc(=O)n2-c1ccccc1. The third kappa shape index (κ3) is 3.55. The lowest BCUT2D eigenvalue weighted by molar-refractivity contribution is 0.0305. The van der Waals surface area contributed by atoms with Crippen molar-refractivity contribution in [2.45, 2.75) is 0 Å². The van der Waals surface area contributed by atoms with Gasteiger partial charge < -0.3 is 9.64 Å². The molecule has 0 bridgehead atoms. The van der Waals surface area contributed by atoms with E-state index < -0.39 is 0 Å². The number of carbonyl (C=O) groups excluding carboxylic acids is 2. The number of amides is 1. The molecule has 3 heterocycles. The number of rotatable bonds is 4. The number of pyridine rings is 1. The number of fused-ring (bicyclic) bond motifs is 1. The van der Waals surface area contributed by atoms with Crippen LogP contribution >= 0.6 is 11.3 Å². The first-order valence-electron chi connectivity index (χ1n) is 10.4. The zero-order chi connectivity index (χ0) is 22.1. The minimum Gasteiger partial charge on any atom is -0.378 e. The molecule has 1 amide bonds. The Morgan fingerprint density at radius 3 is 2.19 bits per heavy atom. The molecular weight excluding hydrogens is 424 g/mol. The molecule has 0 aliphatic carbocycles. The summed E-state index contributed by atoms with van der Waals surface area (Å²) in [5, 5.41) is 0.601. The van der Waals surface area contributed by atoms with Crippen molar-refractivity contribution in [1.82, 2.24) is 9.47 Å². The Bertz CT molecular complexity index is 1350. The fraction of sp³-hybridized carbons (Fsp3) is 0.160. The van der Waals surface area contributed by atoms with Crippen molar-refractivity contribution in [3.8, 4) is 5.69 Å². The number of ether oxygens (including phenoxy) is 1. The summed E-state index contributed by atoms with van der Waals surface area (Å²) in [4.78, 5) is 42.6. The lowest BCUT2D eigenvalue weighted by Crippen LogP contribution is -2.40. The summed E-state index contributed by atoms with van der Waals surface area (Å²) in [6.07, 6.45) is 0. The normalized spacial score (nSPS) is 13.9. The van der Waals surface area contributed by atoms with Gasteiger partial charge in [-0.15, -0.1) is 11.3 Å².